The Kier molecular flexibility index (Phi) is 7.71. The standard InChI is InChI=1S/C29H28N2O4S/c1-22(2)35-25-19-17-24(18-20-25)30-29(32)27-15-9-10-16-28(27)31(21-23-11-5-3-6-12-23)36(33,34)26-13-7-4-8-14-26/h3-20,22H,21H2,1-2H3,(H,30,32). The Morgan fingerprint density at radius 3 is 2.03 bits per heavy atom. The topological polar surface area (TPSA) is 75.7 Å². The van der Waals surface area contributed by atoms with Crippen molar-refractivity contribution in [1.29, 1.82) is 0 Å². The van der Waals surface area contributed by atoms with Gasteiger partial charge in [0.25, 0.3) is 15.9 Å². The molecule has 0 unspecified atom stereocenters. The maximum absolute atomic E-state index is 13.8. The Balaban J connectivity index is 1.70. The van der Waals surface area contributed by atoms with Crippen LogP contribution >= 0.6 is 0 Å². The Morgan fingerprint density at radius 1 is 0.806 bits per heavy atom. The van der Waals surface area contributed by atoms with Crippen LogP contribution in [0.4, 0.5) is 11.4 Å². The van der Waals surface area contributed by atoms with Gasteiger partial charge in [-0.2, -0.15) is 0 Å². The predicted octanol–water partition coefficient (Wildman–Crippen LogP) is 6.12. The fourth-order valence-electron chi connectivity index (χ4n) is 3.74. The summed E-state index contributed by atoms with van der Waals surface area (Å²) in [6.07, 6.45) is 0.0412. The van der Waals surface area contributed by atoms with Crippen LogP contribution in [-0.4, -0.2) is 20.4 Å². The van der Waals surface area contributed by atoms with Crippen molar-refractivity contribution in [1.82, 2.24) is 0 Å². The number of carbonyl (C=O) groups is 1. The third-order valence-electron chi connectivity index (χ3n) is 5.40. The van der Waals surface area contributed by atoms with E-state index in [0.29, 0.717) is 17.1 Å². The summed E-state index contributed by atoms with van der Waals surface area (Å²) in [5.74, 6) is 0.288. The number of rotatable bonds is 9. The molecule has 0 spiro atoms. The second kappa shape index (κ2) is 11.1. The lowest BCUT2D eigenvalue weighted by atomic mass is 10.1. The summed E-state index contributed by atoms with van der Waals surface area (Å²) >= 11 is 0. The van der Waals surface area contributed by atoms with Gasteiger partial charge in [-0.15, -0.1) is 0 Å². The number of amides is 1. The number of hydrogen-bond donors (Lipinski definition) is 1. The van der Waals surface area contributed by atoms with E-state index >= 15 is 0 Å². The minimum absolute atomic E-state index is 0.0412. The van der Waals surface area contributed by atoms with Gasteiger partial charge < -0.3 is 10.1 Å². The van der Waals surface area contributed by atoms with Crippen LogP contribution in [-0.2, 0) is 16.6 Å². The van der Waals surface area contributed by atoms with Gasteiger partial charge in [0, 0.05) is 5.69 Å². The molecule has 0 aliphatic rings. The number of hydrogen-bond acceptors (Lipinski definition) is 4. The molecule has 0 atom stereocenters. The minimum Gasteiger partial charge on any atom is -0.491 e. The third-order valence-corrected chi connectivity index (χ3v) is 7.18. The maximum Gasteiger partial charge on any atom is 0.264 e. The molecule has 1 amide bonds. The monoisotopic (exact) mass is 500 g/mol. The fourth-order valence-corrected chi connectivity index (χ4v) is 5.23. The number of anilines is 2. The van der Waals surface area contributed by atoms with Crippen LogP contribution in [0.2, 0.25) is 0 Å². The number of nitrogens with one attached hydrogen (secondary N) is 1. The first-order valence-corrected chi connectivity index (χ1v) is 13.1. The van der Waals surface area contributed by atoms with Crippen molar-refractivity contribution in [2.75, 3.05) is 9.62 Å². The zero-order chi connectivity index (χ0) is 25.5. The molecular weight excluding hydrogens is 472 g/mol. The molecule has 0 aliphatic carbocycles. The molecule has 0 radical (unpaired) electrons. The Morgan fingerprint density at radius 2 is 1.39 bits per heavy atom. The maximum atomic E-state index is 13.8. The number of benzene rings is 4. The van der Waals surface area contributed by atoms with Gasteiger partial charge in [-0.05, 0) is 67.9 Å². The van der Waals surface area contributed by atoms with Crippen molar-refractivity contribution in [2.45, 2.75) is 31.4 Å². The molecule has 0 saturated carbocycles. The van der Waals surface area contributed by atoms with Gasteiger partial charge in [-0.25, -0.2) is 8.42 Å². The Hall–Kier alpha value is -4.10. The summed E-state index contributed by atoms with van der Waals surface area (Å²) in [5, 5.41) is 2.87. The van der Waals surface area contributed by atoms with Crippen LogP contribution in [0.5, 0.6) is 5.75 Å². The molecule has 7 heteroatoms. The Labute approximate surface area is 212 Å². The van der Waals surface area contributed by atoms with Crippen molar-refractivity contribution >= 4 is 27.3 Å². The van der Waals surface area contributed by atoms with Crippen LogP contribution in [0.3, 0.4) is 0 Å². The van der Waals surface area contributed by atoms with E-state index in [1.807, 2.05) is 44.2 Å². The number of sulfonamides is 1. The van der Waals surface area contributed by atoms with Crippen LogP contribution in [0.1, 0.15) is 29.8 Å². The molecule has 4 rings (SSSR count). The molecule has 0 bridgehead atoms. The molecule has 6 nitrogen and oxygen atoms in total. The third kappa shape index (κ3) is 5.93. The fraction of sp³-hybridized carbons (Fsp3) is 0.138. The van der Waals surface area contributed by atoms with Gasteiger partial charge >= 0.3 is 0 Å². The van der Waals surface area contributed by atoms with Crippen molar-refractivity contribution in [3.63, 3.8) is 0 Å². The largest absolute Gasteiger partial charge is 0.491 e. The lowest BCUT2D eigenvalue weighted by Crippen LogP contribution is -2.32. The number of ether oxygens (including phenoxy) is 1. The highest BCUT2D eigenvalue weighted by molar-refractivity contribution is 7.92. The minimum atomic E-state index is -3.96. The van der Waals surface area contributed by atoms with E-state index in [1.165, 1.54) is 4.31 Å². The van der Waals surface area contributed by atoms with E-state index in [2.05, 4.69) is 5.32 Å². The second-order valence-corrected chi connectivity index (χ2v) is 10.3. The van der Waals surface area contributed by atoms with Gasteiger partial charge in [-0.1, -0.05) is 60.7 Å². The quantitative estimate of drug-likeness (QED) is 0.300. The number of carbonyl (C=O) groups excluding carboxylic acids is 1. The van der Waals surface area contributed by atoms with Crippen LogP contribution < -0.4 is 14.4 Å². The highest BCUT2D eigenvalue weighted by Gasteiger charge is 2.28. The molecule has 0 fully saturated rings. The van der Waals surface area contributed by atoms with Crippen molar-refractivity contribution < 1.29 is 17.9 Å². The van der Waals surface area contributed by atoms with E-state index in [0.717, 1.165) is 5.56 Å². The summed E-state index contributed by atoms with van der Waals surface area (Å²) in [6, 6.07) is 31.3. The summed E-state index contributed by atoms with van der Waals surface area (Å²) in [5.41, 5.74) is 1.91. The van der Waals surface area contributed by atoms with E-state index in [-0.39, 0.29) is 23.1 Å². The average Bonchev–Trinajstić information content (AvgIpc) is 2.89. The molecule has 1 N–H and O–H groups in total. The molecule has 4 aromatic carbocycles. The van der Waals surface area contributed by atoms with Crippen molar-refractivity contribution in [3.8, 4) is 5.75 Å². The number of para-hydroxylation sites is 1. The van der Waals surface area contributed by atoms with Crippen LogP contribution in [0, 0.1) is 0 Å². The summed E-state index contributed by atoms with van der Waals surface area (Å²) in [7, 11) is -3.96. The predicted molar refractivity (Wildman–Crippen MR) is 143 cm³/mol. The molecule has 0 aromatic heterocycles. The molecule has 0 heterocycles. The lowest BCUT2D eigenvalue weighted by Gasteiger charge is -2.26. The highest BCUT2D eigenvalue weighted by atomic mass is 32.2. The molecule has 184 valence electrons. The van der Waals surface area contributed by atoms with Gasteiger partial charge in [0.1, 0.15) is 5.75 Å². The summed E-state index contributed by atoms with van der Waals surface area (Å²) in [6.45, 7) is 3.96. The van der Waals surface area contributed by atoms with E-state index < -0.39 is 15.9 Å². The van der Waals surface area contributed by atoms with Gasteiger partial charge in [0.15, 0.2) is 0 Å². The van der Waals surface area contributed by atoms with Gasteiger partial charge in [0.2, 0.25) is 0 Å². The van der Waals surface area contributed by atoms with Crippen LogP contribution in [0.25, 0.3) is 0 Å². The molecule has 0 saturated heterocycles. The summed E-state index contributed by atoms with van der Waals surface area (Å²) in [4.78, 5) is 13.5. The van der Waals surface area contributed by atoms with Gasteiger partial charge in [-0.3, -0.25) is 9.10 Å². The first-order valence-electron chi connectivity index (χ1n) is 11.6. The zero-order valence-electron chi connectivity index (χ0n) is 20.2. The molecular formula is C29H28N2O4S. The van der Waals surface area contributed by atoms with Gasteiger partial charge in [0.05, 0.1) is 28.8 Å². The van der Waals surface area contributed by atoms with E-state index in [4.69, 9.17) is 4.74 Å². The second-order valence-electron chi connectivity index (χ2n) is 8.47. The Bertz CT molecular complexity index is 1400. The summed E-state index contributed by atoms with van der Waals surface area (Å²) < 4.78 is 34.5. The first-order chi connectivity index (χ1) is 17.3. The van der Waals surface area contributed by atoms with Crippen molar-refractivity contribution in [2.24, 2.45) is 0 Å². The van der Waals surface area contributed by atoms with E-state index in [1.54, 1.807) is 78.9 Å². The zero-order valence-corrected chi connectivity index (χ0v) is 21.0. The average molecular weight is 501 g/mol. The van der Waals surface area contributed by atoms with Crippen LogP contribution in [0.15, 0.2) is 114 Å². The van der Waals surface area contributed by atoms with Crippen molar-refractivity contribution in [3.05, 3.63) is 120 Å². The SMILES string of the molecule is CC(C)Oc1ccc(NC(=O)c2ccccc2N(Cc2ccccc2)S(=O)(=O)c2ccccc2)cc1. The molecule has 0 aliphatic heterocycles. The highest BCUT2D eigenvalue weighted by Crippen LogP contribution is 2.30. The molecule has 4 aromatic rings. The van der Waals surface area contributed by atoms with E-state index in [9.17, 15) is 13.2 Å². The first kappa shape index (κ1) is 25.0. The normalized spacial score (nSPS) is 11.2. The number of nitrogens with zero attached hydrogens (tertiary/aromatic N) is 1. The lowest BCUT2D eigenvalue weighted by molar-refractivity contribution is 0.102. The molecule has 36 heavy (non-hydrogen) atoms. The smallest absolute Gasteiger partial charge is 0.264 e.